The Morgan fingerprint density at radius 3 is 1.90 bits per heavy atom. The largest absolute Gasteiger partial charge is 0.494 e. The van der Waals surface area contributed by atoms with E-state index >= 15 is 8.78 Å². The lowest BCUT2D eigenvalue weighted by Gasteiger charge is -2.34. The van der Waals surface area contributed by atoms with E-state index in [0.717, 1.165) is 30.5 Å². The Morgan fingerprint density at radius 2 is 1.45 bits per heavy atom. The minimum absolute atomic E-state index is 0.0152. The van der Waals surface area contributed by atoms with Crippen LogP contribution in [-0.4, -0.2) is 28.9 Å². The lowest BCUT2D eigenvalue weighted by Crippen LogP contribution is -2.36. The van der Waals surface area contributed by atoms with Crippen LogP contribution in [0.3, 0.4) is 0 Å². The van der Waals surface area contributed by atoms with Crippen molar-refractivity contribution < 1.29 is 31.1 Å². The van der Waals surface area contributed by atoms with Gasteiger partial charge in [0.15, 0.2) is 21.3 Å². The third kappa shape index (κ3) is 3.31. The molecule has 2 aromatic carbocycles. The number of rotatable bonds is 5. The van der Waals surface area contributed by atoms with Crippen molar-refractivity contribution in [3.8, 4) is 11.5 Å². The summed E-state index contributed by atoms with van der Waals surface area (Å²) in [5, 5.41) is 0. The molecule has 0 aliphatic heterocycles. The summed E-state index contributed by atoms with van der Waals surface area (Å²) in [6, 6.07) is 9.79. The fourth-order valence-corrected chi connectivity index (χ4v) is 4.47. The number of allylic oxidation sites excluding steroid dienone is 2. The van der Waals surface area contributed by atoms with Gasteiger partial charge in [0.1, 0.15) is 10.6 Å². The van der Waals surface area contributed by atoms with Crippen LogP contribution in [0.2, 0.25) is 0 Å². The predicted octanol–water partition coefficient (Wildman–Crippen LogP) is 4.37. The molecular weight excluding hydrogens is 405 g/mol. The van der Waals surface area contributed by atoms with Crippen LogP contribution in [0.25, 0.3) is 0 Å². The summed E-state index contributed by atoms with van der Waals surface area (Å²) in [6.45, 7) is 0. The average molecular weight is 424 g/mol. The molecule has 0 radical (unpaired) electrons. The van der Waals surface area contributed by atoms with E-state index in [1.165, 1.54) is 26.4 Å². The number of halogens is 3. The standard InChI is InChI=1S/C21H19F3O4S/c1-27-16-11-15(12-17(28-2)19(16)23)20(29(3,25)26)9-10-21(24,18(22)13-20)14-7-5-4-6-8-14/h4-13H,1-3H3. The van der Waals surface area contributed by atoms with Crippen molar-refractivity contribution in [2.45, 2.75) is 10.4 Å². The SMILES string of the molecule is COc1cc(C2(S(C)(=O)=O)C=CC(F)(c3ccccc3)C(F)=C2)cc(OC)c1F. The van der Waals surface area contributed by atoms with Crippen LogP contribution < -0.4 is 9.47 Å². The minimum atomic E-state index is -4.07. The van der Waals surface area contributed by atoms with Crippen molar-refractivity contribution in [1.82, 2.24) is 0 Å². The van der Waals surface area contributed by atoms with Gasteiger partial charge >= 0.3 is 0 Å². The van der Waals surface area contributed by atoms with Crippen molar-refractivity contribution in [2.75, 3.05) is 20.5 Å². The zero-order valence-electron chi connectivity index (χ0n) is 15.9. The maximum absolute atomic E-state index is 15.5. The Morgan fingerprint density at radius 1 is 0.897 bits per heavy atom. The molecule has 0 amide bonds. The van der Waals surface area contributed by atoms with Crippen molar-refractivity contribution >= 4 is 9.84 Å². The molecule has 8 heteroatoms. The molecule has 29 heavy (non-hydrogen) atoms. The number of ether oxygens (including phenoxy) is 2. The molecule has 154 valence electrons. The Balaban J connectivity index is 2.26. The van der Waals surface area contributed by atoms with E-state index in [1.54, 1.807) is 18.2 Å². The fourth-order valence-electron chi connectivity index (χ4n) is 3.29. The maximum Gasteiger partial charge on any atom is 0.206 e. The monoisotopic (exact) mass is 424 g/mol. The molecular formula is C21H19F3O4S. The van der Waals surface area contributed by atoms with Crippen LogP contribution in [0.5, 0.6) is 11.5 Å². The van der Waals surface area contributed by atoms with E-state index in [9.17, 15) is 12.8 Å². The van der Waals surface area contributed by atoms with Crippen molar-refractivity contribution in [3.63, 3.8) is 0 Å². The quantitative estimate of drug-likeness (QED) is 0.669. The van der Waals surface area contributed by atoms with Crippen molar-refractivity contribution in [1.29, 1.82) is 0 Å². The van der Waals surface area contributed by atoms with Gasteiger partial charge < -0.3 is 9.47 Å². The summed E-state index contributed by atoms with van der Waals surface area (Å²) in [5.74, 6) is -2.70. The molecule has 2 aromatic rings. The fraction of sp³-hybridized carbons (Fsp3) is 0.238. The first-order chi connectivity index (χ1) is 13.6. The van der Waals surface area contributed by atoms with Gasteiger partial charge in [0.2, 0.25) is 11.5 Å². The molecule has 0 saturated heterocycles. The number of methoxy groups -OCH3 is 2. The van der Waals surface area contributed by atoms with Gasteiger partial charge in [-0.15, -0.1) is 0 Å². The zero-order chi connectivity index (χ0) is 21.4. The molecule has 0 bridgehead atoms. The van der Waals surface area contributed by atoms with E-state index in [4.69, 9.17) is 9.47 Å². The number of hydrogen-bond acceptors (Lipinski definition) is 4. The molecule has 4 nitrogen and oxygen atoms in total. The van der Waals surface area contributed by atoms with Gasteiger partial charge in [-0.2, -0.15) is 4.39 Å². The molecule has 0 N–H and O–H groups in total. The Hall–Kier alpha value is -2.74. The molecule has 1 aliphatic rings. The van der Waals surface area contributed by atoms with E-state index in [1.807, 2.05) is 0 Å². The lowest BCUT2D eigenvalue weighted by atomic mass is 9.83. The lowest BCUT2D eigenvalue weighted by molar-refractivity contribution is 0.232. The molecule has 2 unspecified atom stereocenters. The first-order valence-corrected chi connectivity index (χ1v) is 10.4. The number of benzene rings is 2. The number of hydrogen-bond donors (Lipinski definition) is 0. The second-order valence-electron chi connectivity index (χ2n) is 6.66. The van der Waals surface area contributed by atoms with Gasteiger partial charge in [-0.1, -0.05) is 36.4 Å². The number of alkyl halides is 1. The highest BCUT2D eigenvalue weighted by Gasteiger charge is 2.48. The predicted molar refractivity (Wildman–Crippen MR) is 104 cm³/mol. The highest BCUT2D eigenvalue weighted by Crippen LogP contribution is 2.48. The molecule has 1 aliphatic carbocycles. The highest BCUT2D eigenvalue weighted by atomic mass is 32.2. The van der Waals surface area contributed by atoms with Crippen LogP contribution in [-0.2, 0) is 20.3 Å². The summed E-state index contributed by atoms with van der Waals surface area (Å²) in [5.41, 5.74) is -2.65. The zero-order valence-corrected chi connectivity index (χ0v) is 16.8. The van der Waals surface area contributed by atoms with E-state index in [-0.39, 0.29) is 22.6 Å². The highest BCUT2D eigenvalue weighted by molar-refractivity contribution is 7.92. The second-order valence-corrected chi connectivity index (χ2v) is 8.88. The molecule has 3 rings (SSSR count). The van der Waals surface area contributed by atoms with E-state index in [2.05, 4.69) is 0 Å². The van der Waals surface area contributed by atoms with Gasteiger partial charge in [0.05, 0.1) is 14.2 Å². The summed E-state index contributed by atoms with van der Waals surface area (Å²) in [7, 11) is -1.68. The Bertz CT molecular complexity index is 1070. The van der Waals surface area contributed by atoms with Crippen molar-refractivity contribution in [3.05, 3.63) is 83.5 Å². The summed E-state index contributed by atoms with van der Waals surface area (Å²) >= 11 is 0. The van der Waals surface area contributed by atoms with E-state index < -0.39 is 31.9 Å². The van der Waals surface area contributed by atoms with Crippen LogP contribution in [0, 0.1) is 5.82 Å². The van der Waals surface area contributed by atoms with E-state index in [0.29, 0.717) is 6.08 Å². The summed E-state index contributed by atoms with van der Waals surface area (Å²) in [6.07, 6.45) is 3.50. The van der Waals surface area contributed by atoms with Gasteiger partial charge in [-0.05, 0) is 35.4 Å². The smallest absolute Gasteiger partial charge is 0.206 e. The first kappa shape index (κ1) is 21.0. The van der Waals surface area contributed by atoms with Crippen LogP contribution in [0.4, 0.5) is 13.2 Å². The Kier molecular flexibility index (Phi) is 5.25. The topological polar surface area (TPSA) is 52.6 Å². The second kappa shape index (κ2) is 7.26. The minimum Gasteiger partial charge on any atom is -0.494 e. The van der Waals surface area contributed by atoms with Gasteiger partial charge in [0.25, 0.3) is 0 Å². The van der Waals surface area contributed by atoms with Crippen LogP contribution >= 0.6 is 0 Å². The Labute approximate surface area is 167 Å². The molecule has 0 spiro atoms. The molecule has 0 heterocycles. The molecule has 0 aromatic heterocycles. The molecule has 0 saturated carbocycles. The van der Waals surface area contributed by atoms with Gasteiger partial charge in [0, 0.05) is 6.26 Å². The third-order valence-corrected chi connectivity index (χ3v) is 6.67. The van der Waals surface area contributed by atoms with Gasteiger partial charge in [-0.25, -0.2) is 17.2 Å². The molecule has 2 atom stereocenters. The first-order valence-electron chi connectivity index (χ1n) is 8.54. The summed E-state index contributed by atoms with van der Waals surface area (Å²) in [4.78, 5) is 0. The maximum atomic E-state index is 15.5. The molecule has 0 fully saturated rings. The average Bonchev–Trinajstić information content (AvgIpc) is 2.70. The third-order valence-electron chi connectivity index (χ3n) is 4.95. The normalized spacial score (nSPS) is 24.1. The van der Waals surface area contributed by atoms with Crippen LogP contribution in [0.1, 0.15) is 11.1 Å². The summed E-state index contributed by atoms with van der Waals surface area (Å²) < 4.78 is 78.1. The van der Waals surface area contributed by atoms with Crippen molar-refractivity contribution in [2.24, 2.45) is 0 Å². The van der Waals surface area contributed by atoms with Crippen LogP contribution in [0.15, 0.2) is 66.5 Å². The number of sulfone groups is 1. The van der Waals surface area contributed by atoms with Gasteiger partial charge in [-0.3, -0.25) is 0 Å².